The number of morpholine rings is 1. The van der Waals surface area contributed by atoms with Crippen molar-refractivity contribution in [2.24, 2.45) is 4.99 Å². The van der Waals surface area contributed by atoms with E-state index in [0.717, 1.165) is 80.4 Å². The molecule has 164 valence electrons. The molecule has 5 rings (SSSR count). The van der Waals surface area contributed by atoms with Gasteiger partial charge in [-0.25, -0.2) is 9.98 Å². The first-order valence-corrected chi connectivity index (χ1v) is 11.5. The molecule has 2 aromatic heterocycles. The van der Waals surface area contributed by atoms with Crippen molar-refractivity contribution in [2.45, 2.75) is 51.1 Å². The molecule has 0 aromatic carbocycles. The SMILES string of the molecule is CC1=CC(=Nc2nc(NC3CCC(N4CCOCC4)CC3)c3ncccc3n2)CCN1. The predicted octanol–water partition coefficient (Wildman–Crippen LogP) is 3.05. The minimum Gasteiger partial charge on any atom is -0.388 e. The molecule has 8 nitrogen and oxygen atoms in total. The number of nitrogens with zero attached hydrogens (tertiary/aromatic N) is 5. The second-order valence-corrected chi connectivity index (χ2v) is 8.65. The second-order valence-electron chi connectivity index (χ2n) is 8.65. The van der Waals surface area contributed by atoms with Crippen LogP contribution in [0.25, 0.3) is 11.0 Å². The van der Waals surface area contributed by atoms with Crippen LogP contribution in [0.1, 0.15) is 39.0 Å². The van der Waals surface area contributed by atoms with E-state index in [1.54, 1.807) is 6.20 Å². The summed E-state index contributed by atoms with van der Waals surface area (Å²) >= 11 is 0. The van der Waals surface area contributed by atoms with E-state index in [2.05, 4.69) is 38.5 Å². The zero-order chi connectivity index (χ0) is 21.0. The zero-order valence-corrected chi connectivity index (χ0v) is 18.2. The van der Waals surface area contributed by atoms with E-state index < -0.39 is 0 Å². The Bertz CT molecular complexity index is 975. The molecule has 1 saturated carbocycles. The van der Waals surface area contributed by atoms with Gasteiger partial charge in [0.2, 0.25) is 0 Å². The van der Waals surface area contributed by atoms with Crippen LogP contribution in [0.3, 0.4) is 0 Å². The van der Waals surface area contributed by atoms with Gasteiger partial charge in [0, 0.05) is 55.7 Å². The maximum atomic E-state index is 5.51. The molecule has 0 amide bonds. The number of hydrogen-bond donors (Lipinski definition) is 2. The number of aromatic nitrogens is 3. The van der Waals surface area contributed by atoms with E-state index in [1.165, 1.54) is 12.8 Å². The van der Waals surface area contributed by atoms with Crippen LogP contribution < -0.4 is 10.6 Å². The third-order valence-corrected chi connectivity index (χ3v) is 6.45. The minimum atomic E-state index is 0.402. The van der Waals surface area contributed by atoms with E-state index in [-0.39, 0.29) is 0 Å². The van der Waals surface area contributed by atoms with Crippen LogP contribution in [-0.2, 0) is 4.74 Å². The number of aliphatic imine (C=N–C) groups is 1. The highest BCUT2D eigenvalue weighted by molar-refractivity contribution is 5.98. The Balaban J connectivity index is 1.33. The fraction of sp³-hybridized carbons (Fsp3) is 0.565. The largest absolute Gasteiger partial charge is 0.388 e. The summed E-state index contributed by atoms with van der Waals surface area (Å²) in [6.07, 6.45) is 9.44. The third kappa shape index (κ3) is 4.85. The van der Waals surface area contributed by atoms with Crippen LogP contribution in [0.15, 0.2) is 35.1 Å². The number of ether oxygens (including phenoxy) is 1. The first-order chi connectivity index (χ1) is 15.2. The summed E-state index contributed by atoms with van der Waals surface area (Å²) in [6.45, 7) is 6.82. The van der Waals surface area contributed by atoms with Gasteiger partial charge in [-0.2, -0.15) is 4.98 Å². The van der Waals surface area contributed by atoms with Gasteiger partial charge in [0.1, 0.15) is 5.52 Å². The lowest BCUT2D eigenvalue weighted by Gasteiger charge is -2.39. The summed E-state index contributed by atoms with van der Waals surface area (Å²) in [5, 5.41) is 7.01. The predicted molar refractivity (Wildman–Crippen MR) is 123 cm³/mol. The molecule has 0 atom stereocenters. The number of pyridine rings is 1. The van der Waals surface area contributed by atoms with Crippen LogP contribution in [0, 0.1) is 0 Å². The number of fused-ring (bicyclic) bond motifs is 1. The Hall–Kier alpha value is -2.58. The summed E-state index contributed by atoms with van der Waals surface area (Å²) in [7, 11) is 0. The number of rotatable bonds is 4. The topological polar surface area (TPSA) is 87.6 Å². The standard InChI is InChI=1S/C23H31N7O/c1-16-15-18(8-10-24-16)27-23-28-20-3-2-9-25-21(20)22(29-23)26-17-4-6-19(7-5-17)30-11-13-31-14-12-30/h2-3,9,15,17,19,24H,4-8,10-14H2,1H3,(H,26,28,29). The van der Waals surface area contributed by atoms with Gasteiger partial charge in [-0.3, -0.25) is 9.88 Å². The highest BCUT2D eigenvalue weighted by atomic mass is 16.5. The van der Waals surface area contributed by atoms with E-state index in [9.17, 15) is 0 Å². The van der Waals surface area contributed by atoms with Gasteiger partial charge in [-0.1, -0.05) is 0 Å². The molecule has 2 fully saturated rings. The van der Waals surface area contributed by atoms with Crippen molar-refractivity contribution in [3.05, 3.63) is 30.1 Å². The Labute approximate surface area is 183 Å². The highest BCUT2D eigenvalue weighted by Crippen LogP contribution is 2.28. The Morgan fingerprint density at radius 3 is 2.81 bits per heavy atom. The van der Waals surface area contributed by atoms with Gasteiger partial charge >= 0.3 is 0 Å². The first kappa shape index (κ1) is 20.3. The van der Waals surface area contributed by atoms with Gasteiger partial charge in [-0.15, -0.1) is 0 Å². The van der Waals surface area contributed by atoms with Crippen LogP contribution in [0.2, 0.25) is 0 Å². The maximum absolute atomic E-state index is 5.51. The molecular weight excluding hydrogens is 390 g/mol. The van der Waals surface area contributed by atoms with Crippen molar-refractivity contribution in [1.29, 1.82) is 0 Å². The van der Waals surface area contributed by atoms with E-state index >= 15 is 0 Å². The molecule has 31 heavy (non-hydrogen) atoms. The molecule has 2 N–H and O–H groups in total. The molecule has 2 aliphatic heterocycles. The van der Waals surface area contributed by atoms with Gasteiger partial charge in [0.05, 0.1) is 18.7 Å². The average molecular weight is 422 g/mol. The molecule has 1 aliphatic carbocycles. The summed E-state index contributed by atoms with van der Waals surface area (Å²) in [5.74, 6) is 1.31. The third-order valence-electron chi connectivity index (χ3n) is 6.45. The molecule has 3 aliphatic rings. The molecule has 0 spiro atoms. The lowest BCUT2D eigenvalue weighted by molar-refractivity contribution is 0.00791. The average Bonchev–Trinajstić information content (AvgIpc) is 2.80. The Morgan fingerprint density at radius 1 is 1.16 bits per heavy atom. The molecule has 1 saturated heterocycles. The summed E-state index contributed by atoms with van der Waals surface area (Å²) < 4.78 is 5.51. The van der Waals surface area contributed by atoms with E-state index in [1.807, 2.05) is 12.1 Å². The smallest absolute Gasteiger partial charge is 0.252 e. The van der Waals surface area contributed by atoms with Crippen molar-refractivity contribution in [1.82, 2.24) is 25.2 Å². The Kier molecular flexibility index (Phi) is 6.08. The van der Waals surface area contributed by atoms with E-state index in [0.29, 0.717) is 18.0 Å². The fourth-order valence-corrected chi connectivity index (χ4v) is 4.80. The number of anilines is 1. The second kappa shape index (κ2) is 9.28. The monoisotopic (exact) mass is 421 g/mol. The molecular formula is C23H31N7O. The molecule has 0 bridgehead atoms. The molecule has 2 aromatic rings. The molecule has 0 radical (unpaired) electrons. The molecule has 0 unspecified atom stereocenters. The summed E-state index contributed by atoms with van der Waals surface area (Å²) in [4.78, 5) is 21.3. The van der Waals surface area contributed by atoms with Gasteiger partial charge in [0.25, 0.3) is 5.95 Å². The van der Waals surface area contributed by atoms with E-state index in [4.69, 9.17) is 14.7 Å². The van der Waals surface area contributed by atoms with Crippen LogP contribution >= 0.6 is 0 Å². The number of hydrogen-bond acceptors (Lipinski definition) is 8. The van der Waals surface area contributed by atoms with Gasteiger partial charge in [-0.05, 0) is 50.8 Å². The quantitative estimate of drug-likeness (QED) is 0.784. The normalized spacial score (nSPS) is 26.5. The van der Waals surface area contributed by atoms with Gasteiger partial charge in [0.15, 0.2) is 5.82 Å². The van der Waals surface area contributed by atoms with Crippen molar-refractivity contribution >= 4 is 28.5 Å². The highest BCUT2D eigenvalue weighted by Gasteiger charge is 2.27. The lowest BCUT2D eigenvalue weighted by atomic mass is 9.90. The number of allylic oxidation sites excluding steroid dienone is 2. The molecule has 8 heteroatoms. The van der Waals surface area contributed by atoms with Crippen molar-refractivity contribution < 1.29 is 4.74 Å². The van der Waals surface area contributed by atoms with Crippen molar-refractivity contribution in [3.63, 3.8) is 0 Å². The maximum Gasteiger partial charge on any atom is 0.252 e. The first-order valence-electron chi connectivity index (χ1n) is 11.5. The Morgan fingerprint density at radius 2 is 2.00 bits per heavy atom. The summed E-state index contributed by atoms with van der Waals surface area (Å²) in [6, 6.07) is 4.98. The van der Waals surface area contributed by atoms with Gasteiger partial charge < -0.3 is 15.4 Å². The fourth-order valence-electron chi connectivity index (χ4n) is 4.80. The molecule has 4 heterocycles. The van der Waals surface area contributed by atoms with Crippen LogP contribution in [0.5, 0.6) is 0 Å². The van der Waals surface area contributed by atoms with Crippen LogP contribution in [0.4, 0.5) is 11.8 Å². The zero-order valence-electron chi connectivity index (χ0n) is 18.2. The van der Waals surface area contributed by atoms with Crippen molar-refractivity contribution in [3.8, 4) is 0 Å². The minimum absolute atomic E-state index is 0.402. The summed E-state index contributed by atoms with van der Waals surface area (Å²) in [5.41, 5.74) is 3.79. The lowest BCUT2D eigenvalue weighted by Crippen LogP contribution is -2.46. The number of nitrogens with one attached hydrogen (secondary N) is 2. The van der Waals surface area contributed by atoms with Crippen molar-refractivity contribution in [2.75, 3.05) is 38.2 Å². The van der Waals surface area contributed by atoms with Crippen LogP contribution in [-0.4, -0.2) is 70.5 Å².